The average molecular weight is 426 g/mol. The first-order chi connectivity index (χ1) is 12.8. The Labute approximate surface area is 178 Å². The van der Waals surface area contributed by atoms with Gasteiger partial charge in [0.15, 0.2) is 5.65 Å². The Hall–Kier alpha value is -1.37. The summed E-state index contributed by atoms with van der Waals surface area (Å²) in [6.45, 7) is 2.83. The highest BCUT2D eigenvalue weighted by Gasteiger charge is 2.33. The van der Waals surface area contributed by atoms with Gasteiger partial charge in [-0.3, -0.25) is 4.79 Å². The van der Waals surface area contributed by atoms with Crippen molar-refractivity contribution in [2.45, 2.75) is 57.0 Å². The van der Waals surface area contributed by atoms with E-state index in [1.54, 1.807) is 6.20 Å². The van der Waals surface area contributed by atoms with Crippen LogP contribution in [0.15, 0.2) is 18.6 Å². The lowest BCUT2D eigenvalue weighted by atomic mass is 9.85. The second-order valence-electron chi connectivity index (χ2n) is 8.16. The Morgan fingerprint density at radius 3 is 2.71 bits per heavy atom. The average Bonchev–Trinajstić information content (AvgIpc) is 3.35. The molecule has 5 rings (SSSR count). The summed E-state index contributed by atoms with van der Waals surface area (Å²) in [5.41, 5.74) is 2.44. The van der Waals surface area contributed by atoms with E-state index in [1.807, 2.05) is 17.3 Å². The molecule has 2 aromatic rings. The minimum Gasteiger partial charge on any atom is -0.338 e. The van der Waals surface area contributed by atoms with Crippen molar-refractivity contribution in [3.8, 4) is 0 Å². The predicted molar refractivity (Wildman–Crippen MR) is 115 cm³/mol. The van der Waals surface area contributed by atoms with Crippen LogP contribution in [0.4, 0.5) is 0 Å². The fraction of sp³-hybridized carbons (Fsp3) is 0.650. The second-order valence-corrected chi connectivity index (χ2v) is 8.16. The number of rotatable bonds is 2. The van der Waals surface area contributed by atoms with Crippen molar-refractivity contribution < 1.29 is 4.79 Å². The zero-order valence-corrected chi connectivity index (χ0v) is 17.7. The molecule has 2 aromatic heterocycles. The summed E-state index contributed by atoms with van der Waals surface area (Å²) < 4.78 is 2.20. The third-order valence-corrected chi connectivity index (χ3v) is 6.56. The molecule has 1 aliphatic carbocycles. The van der Waals surface area contributed by atoms with Gasteiger partial charge in [0.05, 0.1) is 11.9 Å². The summed E-state index contributed by atoms with van der Waals surface area (Å²) in [7, 11) is 0. The van der Waals surface area contributed by atoms with Crippen LogP contribution >= 0.6 is 24.8 Å². The van der Waals surface area contributed by atoms with Crippen molar-refractivity contribution in [3.63, 3.8) is 0 Å². The molecule has 0 radical (unpaired) electrons. The molecule has 0 aromatic carbocycles. The van der Waals surface area contributed by atoms with Crippen LogP contribution in [-0.4, -0.2) is 51.0 Å². The molecule has 28 heavy (non-hydrogen) atoms. The molecule has 2 aliphatic heterocycles. The van der Waals surface area contributed by atoms with Crippen molar-refractivity contribution in [1.82, 2.24) is 24.8 Å². The number of hydrogen-bond donors (Lipinski definition) is 1. The molecule has 4 heterocycles. The molecule has 2 saturated heterocycles. The van der Waals surface area contributed by atoms with Gasteiger partial charge in [-0.25, -0.2) is 9.97 Å². The van der Waals surface area contributed by atoms with Crippen molar-refractivity contribution in [2.75, 3.05) is 19.6 Å². The van der Waals surface area contributed by atoms with Crippen LogP contribution in [-0.2, 0) is 0 Å². The van der Waals surface area contributed by atoms with Gasteiger partial charge in [0.2, 0.25) is 0 Å². The SMILES string of the molecule is Cl.Cl.O=C(c1cnc2c(c1)ncn2C1CCCC1)N1CC[C@@H]2NCCC[C@@H]2C1. The second kappa shape index (κ2) is 8.97. The number of fused-ring (bicyclic) bond motifs is 2. The number of aromatic nitrogens is 3. The van der Waals surface area contributed by atoms with Crippen LogP contribution in [0.1, 0.15) is 61.3 Å². The first kappa shape index (κ1) is 21.3. The Morgan fingerprint density at radius 2 is 1.89 bits per heavy atom. The lowest BCUT2D eigenvalue weighted by Crippen LogP contribution is -2.53. The van der Waals surface area contributed by atoms with Gasteiger partial charge in [-0.15, -0.1) is 24.8 Å². The summed E-state index contributed by atoms with van der Waals surface area (Å²) in [4.78, 5) is 24.2. The molecule has 0 unspecified atom stereocenters. The van der Waals surface area contributed by atoms with E-state index < -0.39 is 0 Å². The summed E-state index contributed by atoms with van der Waals surface area (Å²) in [5.74, 6) is 0.707. The molecular weight excluding hydrogens is 397 g/mol. The minimum atomic E-state index is 0. The highest BCUT2D eigenvalue weighted by Crippen LogP contribution is 2.32. The number of amides is 1. The molecule has 1 amide bonds. The topological polar surface area (TPSA) is 63.1 Å². The van der Waals surface area contributed by atoms with Crippen molar-refractivity contribution >= 4 is 41.9 Å². The maximum absolute atomic E-state index is 13.0. The number of imidazole rings is 1. The number of likely N-dealkylation sites (tertiary alicyclic amines) is 1. The van der Waals surface area contributed by atoms with Gasteiger partial charge in [-0.1, -0.05) is 12.8 Å². The zero-order chi connectivity index (χ0) is 17.5. The Kier molecular flexibility index (Phi) is 6.84. The van der Waals surface area contributed by atoms with Crippen molar-refractivity contribution in [1.29, 1.82) is 0 Å². The minimum absolute atomic E-state index is 0. The van der Waals surface area contributed by atoms with E-state index >= 15 is 0 Å². The smallest absolute Gasteiger partial charge is 0.255 e. The summed E-state index contributed by atoms with van der Waals surface area (Å²) >= 11 is 0. The summed E-state index contributed by atoms with van der Waals surface area (Å²) in [6, 6.07) is 3.05. The van der Waals surface area contributed by atoms with Gasteiger partial charge in [-0.05, 0) is 50.6 Å². The number of nitrogens with zero attached hydrogens (tertiary/aromatic N) is 4. The molecule has 1 saturated carbocycles. The van der Waals surface area contributed by atoms with Crippen LogP contribution < -0.4 is 5.32 Å². The molecule has 0 bridgehead atoms. The van der Waals surface area contributed by atoms with Crippen LogP contribution in [0.2, 0.25) is 0 Å². The number of carbonyl (C=O) groups is 1. The monoisotopic (exact) mass is 425 g/mol. The van der Waals surface area contributed by atoms with E-state index in [9.17, 15) is 4.79 Å². The molecule has 154 valence electrons. The van der Waals surface area contributed by atoms with Gasteiger partial charge in [0.25, 0.3) is 5.91 Å². The Balaban J connectivity index is 0.00000112. The first-order valence-electron chi connectivity index (χ1n) is 10.1. The summed E-state index contributed by atoms with van der Waals surface area (Å²) in [6.07, 6.45) is 12.1. The molecule has 1 N–H and O–H groups in total. The highest BCUT2D eigenvalue weighted by atomic mass is 35.5. The van der Waals surface area contributed by atoms with Crippen molar-refractivity contribution in [2.24, 2.45) is 5.92 Å². The number of carbonyl (C=O) groups excluding carboxylic acids is 1. The molecule has 8 heteroatoms. The van der Waals surface area contributed by atoms with E-state index in [4.69, 9.17) is 0 Å². The number of piperidine rings is 2. The Morgan fingerprint density at radius 1 is 1.07 bits per heavy atom. The van der Waals surface area contributed by atoms with Gasteiger partial charge in [-0.2, -0.15) is 0 Å². The Bertz CT molecular complexity index is 820. The molecule has 0 spiro atoms. The number of halogens is 2. The van der Waals surface area contributed by atoms with Gasteiger partial charge >= 0.3 is 0 Å². The largest absolute Gasteiger partial charge is 0.338 e. The van der Waals surface area contributed by atoms with Crippen LogP contribution in [0, 0.1) is 5.92 Å². The molecule has 3 fully saturated rings. The third kappa shape index (κ3) is 3.87. The summed E-state index contributed by atoms with van der Waals surface area (Å²) in [5, 5.41) is 3.61. The van der Waals surface area contributed by atoms with Crippen LogP contribution in [0.5, 0.6) is 0 Å². The van der Waals surface area contributed by atoms with E-state index in [0.717, 1.165) is 37.2 Å². The van der Waals surface area contributed by atoms with Crippen molar-refractivity contribution in [3.05, 3.63) is 24.2 Å². The maximum atomic E-state index is 13.0. The van der Waals surface area contributed by atoms with Gasteiger partial charge in [0, 0.05) is 31.4 Å². The van der Waals surface area contributed by atoms with Crippen LogP contribution in [0.3, 0.4) is 0 Å². The zero-order valence-electron chi connectivity index (χ0n) is 16.0. The van der Waals surface area contributed by atoms with Gasteiger partial charge in [0.1, 0.15) is 5.52 Å². The molecule has 2 atom stereocenters. The molecular formula is C20H29Cl2N5O. The van der Waals surface area contributed by atoms with E-state index in [0.29, 0.717) is 23.6 Å². The fourth-order valence-electron chi connectivity index (χ4n) is 5.10. The van der Waals surface area contributed by atoms with Gasteiger partial charge < -0.3 is 14.8 Å². The lowest BCUT2D eigenvalue weighted by molar-refractivity contribution is 0.0592. The first-order valence-corrected chi connectivity index (χ1v) is 10.1. The molecule has 3 aliphatic rings. The fourth-order valence-corrected chi connectivity index (χ4v) is 5.10. The standard InChI is InChI=1S/C20H27N5O.2ClH/c26-20(24-9-7-17-14(12-24)4-3-8-21-17)15-10-18-19(22-11-15)25(13-23-18)16-5-1-2-6-16;;/h10-11,13-14,16-17,21H,1-9,12H2;2*1H/t14-,17+;;/m1../s1. The van der Waals surface area contributed by atoms with E-state index in [1.165, 1.54) is 38.5 Å². The third-order valence-electron chi connectivity index (χ3n) is 6.56. The lowest BCUT2D eigenvalue weighted by Gasteiger charge is -2.41. The number of nitrogens with one attached hydrogen (secondary N) is 1. The number of pyridine rings is 1. The predicted octanol–water partition coefficient (Wildman–Crippen LogP) is 3.60. The number of hydrogen-bond acceptors (Lipinski definition) is 4. The quantitative estimate of drug-likeness (QED) is 0.797. The highest BCUT2D eigenvalue weighted by molar-refractivity contribution is 5.96. The van der Waals surface area contributed by atoms with Crippen LogP contribution in [0.25, 0.3) is 11.2 Å². The molecule has 6 nitrogen and oxygen atoms in total. The van der Waals surface area contributed by atoms with E-state index in [2.05, 4.69) is 19.9 Å². The van der Waals surface area contributed by atoms with E-state index in [-0.39, 0.29) is 30.7 Å². The maximum Gasteiger partial charge on any atom is 0.255 e. The normalized spacial score (nSPS) is 25.1.